The summed E-state index contributed by atoms with van der Waals surface area (Å²) in [5.74, 6) is -1.02. The molecule has 98 valence electrons. The van der Waals surface area contributed by atoms with E-state index < -0.39 is 11.6 Å². The van der Waals surface area contributed by atoms with Crippen LogP contribution < -0.4 is 5.73 Å². The third kappa shape index (κ3) is 2.44. The number of halogens is 2. The van der Waals surface area contributed by atoms with Gasteiger partial charge in [-0.2, -0.15) is 0 Å². The van der Waals surface area contributed by atoms with Crippen LogP contribution in [-0.4, -0.2) is 9.55 Å². The molecule has 1 aromatic carbocycles. The van der Waals surface area contributed by atoms with Gasteiger partial charge in [0.2, 0.25) is 5.95 Å². The van der Waals surface area contributed by atoms with Gasteiger partial charge in [-0.25, -0.2) is 13.8 Å². The summed E-state index contributed by atoms with van der Waals surface area (Å²) < 4.78 is 28.4. The van der Waals surface area contributed by atoms with Crippen molar-refractivity contribution < 1.29 is 8.78 Å². The molecule has 0 unspecified atom stereocenters. The Hall–Kier alpha value is -1.65. The number of fused-ring (bicyclic) bond motifs is 1. The maximum atomic E-state index is 13.5. The number of benzene rings is 1. The number of imidazole rings is 1. The normalized spacial score (nSPS) is 11.3. The summed E-state index contributed by atoms with van der Waals surface area (Å²) in [6.07, 6.45) is 4.30. The molecule has 0 amide bonds. The Bertz CT molecular complexity index is 549. The number of rotatable bonds is 5. The summed E-state index contributed by atoms with van der Waals surface area (Å²) >= 11 is 0. The standard InChI is InChI=1S/C13H17F2N3/c1-2-3-4-5-6-18-11-8-9(14)7-10(15)12(11)17-13(18)16/h7-8H,2-6H2,1H3,(H2,16,17). The third-order valence-electron chi connectivity index (χ3n) is 3.04. The second kappa shape index (κ2) is 5.33. The molecule has 0 saturated heterocycles. The monoisotopic (exact) mass is 253 g/mol. The number of nitrogens with two attached hydrogens (primary N) is 1. The highest BCUT2D eigenvalue weighted by atomic mass is 19.1. The molecule has 0 bridgehead atoms. The smallest absolute Gasteiger partial charge is 0.201 e. The van der Waals surface area contributed by atoms with Crippen molar-refractivity contribution in [3.8, 4) is 0 Å². The first-order valence-electron chi connectivity index (χ1n) is 6.24. The lowest BCUT2D eigenvalue weighted by Gasteiger charge is -2.06. The molecule has 2 rings (SSSR count). The molecule has 2 aromatic rings. The van der Waals surface area contributed by atoms with Crippen LogP contribution in [0.2, 0.25) is 0 Å². The first-order valence-corrected chi connectivity index (χ1v) is 6.24. The van der Waals surface area contributed by atoms with Gasteiger partial charge < -0.3 is 10.3 Å². The molecule has 0 atom stereocenters. The Morgan fingerprint density at radius 3 is 2.72 bits per heavy atom. The summed E-state index contributed by atoms with van der Waals surface area (Å²) in [7, 11) is 0. The van der Waals surface area contributed by atoms with Gasteiger partial charge in [-0.1, -0.05) is 26.2 Å². The van der Waals surface area contributed by atoms with E-state index in [1.165, 1.54) is 6.07 Å². The Kier molecular flexibility index (Phi) is 3.79. The average molecular weight is 253 g/mol. The largest absolute Gasteiger partial charge is 0.369 e. The molecule has 18 heavy (non-hydrogen) atoms. The highest BCUT2D eigenvalue weighted by Crippen LogP contribution is 2.22. The van der Waals surface area contributed by atoms with Crippen molar-refractivity contribution in [3.05, 3.63) is 23.8 Å². The van der Waals surface area contributed by atoms with E-state index in [4.69, 9.17) is 5.73 Å². The molecular weight excluding hydrogens is 236 g/mol. The minimum atomic E-state index is -0.663. The Balaban J connectivity index is 2.29. The molecule has 0 aliphatic carbocycles. The molecule has 1 heterocycles. The fourth-order valence-electron chi connectivity index (χ4n) is 2.10. The van der Waals surface area contributed by atoms with E-state index in [0.29, 0.717) is 12.1 Å². The minimum Gasteiger partial charge on any atom is -0.369 e. The zero-order chi connectivity index (χ0) is 13.1. The van der Waals surface area contributed by atoms with Gasteiger partial charge in [-0.15, -0.1) is 0 Å². The van der Waals surface area contributed by atoms with Crippen molar-refractivity contribution in [2.24, 2.45) is 0 Å². The Labute approximate surface area is 105 Å². The van der Waals surface area contributed by atoms with Crippen molar-refractivity contribution in [2.45, 2.75) is 39.2 Å². The van der Waals surface area contributed by atoms with Crippen molar-refractivity contribution in [1.29, 1.82) is 0 Å². The number of nitrogens with zero attached hydrogens (tertiary/aromatic N) is 2. The van der Waals surface area contributed by atoms with Crippen LogP contribution in [0.3, 0.4) is 0 Å². The molecule has 3 nitrogen and oxygen atoms in total. The van der Waals surface area contributed by atoms with Crippen LogP contribution in [0.15, 0.2) is 12.1 Å². The Morgan fingerprint density at radius 2 is 2.00 bits per heavy atom. The van der Waals surface area contributed by atoms with Crippen LogP contribution in [0, 0.1) is 11.6 Å². The van der Waals surface area contributed by atoms with E-state index in [1.54, 1.807) is 4.57 Å². The van der Waals surface area contributed by atoms with Gasteiger partial charge in [-0.3, -0.25) is 0 Å². The van der Waals surface area contributed by atoms with E-state index in [2.05, 4.69) is 11.9 Å². The van der Waals surface area contributed by atoms with Gasteiger partial charge in [0.05, 0.1) is 5.52 Å². The van der Waals surface area contributed by atoms with E-state index in [1.807, 2.05) is 0 Å². The fraction of sp³-hybridized carbons (Fsp3) is 0.462. The lowest BCUT2D eigenvalue weighted by Crippen LogP contribution is -2.03. The second-order valence-electron chi connectivity index (χ2n) is 4.44. The van der Waals surface area contributed by atoms with Crippen LogP contribution >= 0.6 is 0 Å². The second-order valence-corrected chi connectivity index (χ2v) is 4.44. The molecule has 0 spiro atoms. The van der Waals surface area contributed by atoms with Gasteiger partial charge in [0, 0.05) is 18.7 Å². The molecule has 0 saturated carbocycles. The van der Waals surface area contributed by atoms with Crippen LogP contribution in [-0.2, 0) is 6.54 Å². The zero-order valence-corrected chi connectivity index (χ0v) is 10.4. The van der Waals surface area contributed by atoms with E-state index in [-0.39, 0.29) is 11.5 Å². The number of hydrogen-bond acceptors (Lipinski definition) is 2. The lowest BCUT2D eigenvalue weighted by molar-refractivity contribution is 0.584. The lowest BCUT2D eigenvalue weighted by atomic mass is 10.2. The van der Waals surface area contributed by atoms with Crippen molar-refractivity contribution in [2.75, 3.05) is 5.73 Å². The molecule has 5 heteroatoms. The van der Waals surface area contributed by atoms with Crippen molar-refractivity contribution >= 4 is 17.0 Å². The average Bonchev–Trinajstić information content (AvgIpc) is 2.62. The predicted molar refractivity (Wildman–Crippen MR) is 68.2 cm³/mol. The number of aryl methyl sites for hydroxylation is 1. The van der Waals surface area contributed by atoms with Crippen LogP contribution in [0.4, 0.5) is 14.7 Å². The SMILES string of the molecule is CCCCCCn1c(N)nc2c(F)cc(F)cc21. The highest BCUT2D eigenvalue weighted by Gasteiger charge is 2.13. The van der Waals surface area contributed by atoms with Crippen LogP contribution in [0.5, 0.6) is 0 Å². The predicted octanol–water partition coefficient (Wildman–Crippen LogP) is 3.48. The van der Waals surface area contributed by atoms with E-state index >= 15 is 0 Å². The van der Waals surface area contributed by atoms with Gasteiger partial charge >= 0.3 is 0 Å². The summed E-state index contributed by atoms with van der Waals surface area (Å²) in [6, 6.07) is 2.11. The molecular formula is C13H17F2N3. The van der Waals surface area contributed by atoms with Crippen LogP contribution in [0.1, 0.15) is 32.6 Å². The molecule has 2 N–H and O–H groups in total. The number of unbranched alkanes of at least 4 members (excludes halogenated alkanes) is 3. The minimum absolute atomic E-state index is 0.143. The van der Waals surface area contributed by atoms with Gasteiger partial charge in [0.25, 0.3) is 0 Å². The molecule has 0 radical (unpaired) electrons. The fourth-order valence-corrected chi connectivity index (χ4v) is 2.10. The topological polar surface area (TPSA) is 43.8 Å². The maximum Gasteiger partial charge on any atom is 0.201 e. The van der Waals surface area contributed by atoms with E-state index in [0.717, 1.165) is 31.7 Å². The number of hydrogen-bond donors (Lipinski definition) is 1. The first kappa shape index (κ1) is 12.8. The van der Waals surface area contributed by atoms with Gasteiger partial charge in [0.1, 0.15) is 11.3 Å². The molecule has 1 aromatic heterocycles. The quantitative estimate of drug-likeness (QED) is 0.829. The molecule has 0 fully saturated rings. The van der Waals surface area contributed by atoms with Crippen molar-refractivity contribution in [3.63, 3.8) is 0 Å². The maximum absolute atomic E-state index is 13.5. The summed E-state index contributed by atoms with van der Waals surface area (Å²) in [4.78, 5) is 3.95. The number of nitrogen functional groups attached to an aromatic ring is 1. The third-order valence-corrected chi connectivity index (χ3v) is 3.04. The summed E-state index contributed by atoms with van der Waals surface area (Å²) in [5.41, 5.74) is 6.32. The summed E-state index contributed by atoms with van der Waals surface area (Å²) in [5, 5.41) is 0. The van der Waals surface area contributed by atoms with E-state index in [9.17, 15) is 8.78 Å². The van der Waals surface area contributed by atoms with Crippen LogP contribution in [0.25, 0.3) is 11.0 Å². The molecule has 0 aliphatic rings. The van der Waals surface area contributed by atoms with Gasteiger partial charge in [-0.05, 0) is 6.42 Å². The zero-order valence-electron chi connectivity index (χ0n) is 10.4. The number of aromatic nitrogens is 2. The Morgan fingerprint density at radius 1 is 1.22 bits per heavy atom. The summed E-state index contributed by atoms with van der Waals surface area (Å²) in [6.45, 7) is 2.77. The molecule has 0 aliphatic heterocycles. The van der Waals surface area contributed by atoms with Gasteiger partial charge in [0.15, 0.2) is 5.82 Å². The van der Waals surface area contributed by atoms with Crippen molar-refractivity contribution in [1.82, 2.24) is 9.55 Å². The number of anilines is 1. The first-order chi connectivity index (χ1) is 8.63. The highest BCUT2D eigenvalue weighted by molar-refractivity contribution is 5.79.